The van der Waals surface area contributed by atoms with Crippen molar-refractivity contribution in [2.24, 2.45) is 17.8 Å². The number of fused-ring (bicyclic) bond motifs is 2. The minimum absolute atomic E-state index is 0.158. The molecule has 0 bridgehead atoms. The van der Waals surface area contributed by atoms with Gasteiger partial charge in [-0.3, -0.25) is 9.69 Å². The van der Waals surface area contributed by atoms with Crippen LogP contribution in [0, 0.1) is 30.5 Å². The van der Waals surface area contributed by atoms with E-state index in [4.69, 9.17) is 0 Å². The number of aromatic nitrogens is 4. The number of likely N-dealkylation sites (tertiary alicyclic amines) is 1. The molecular formula is C26H29F2N7O. The van der Waals surface area contributed by atoms with Gasteiger partial charge < -0.3 is 14.6 Å². The van der Waals surface area contributed by atoms with E-state index in [1.54, 1.807) is 29.9 Å². The van der Waals surface area contributed by atoms with Crippen LogP contribution in [0.3, 0.4) is 0 Å². The van der Waals surface area contributed by atoms with Gasteiger partial charge in [0.25, 0.3) is 5.91 Å². The summed E-state index contributed by atoms with van der Waals surface area (Å²) in [6.45, 7) is 5.06. The van der Waals surface area contributed by atoms with Crippen LogP contribution in [0.2, 0.25) is 0 Å². The fourth-order valence-corrected chi connectivity index (χ4v) is 6.46. The average molecular weight is 494 g/mol. The molecule has 1 amide bonds. The Hall–Kier alpha value is -3.14. The number of hydrogen-bond acceptors (Lipinski definition) is 6. The maximum atomic E-state index is 14.8. The highest BCUT2D eigenvalue weighted by atomic mass is 19.1. The second kappa shape index (κ2) is 7.93. The summed E-state index contributed by atoms with van der Waals surface area (Å²) in [5.74, 6) is 1.22. The Labute approximate surface area is 207 Å². The van der Waals surface area contributed by atoms with Crippen molar-refractivity contribution in [3.8, 4) is 0 Å². The predicted octanol–water partition coefficient (Wildman–Crippen LogP) is 3.47. The molecule has 4 fully saturated rings. The van der Waals surface area contributed by atoms with Gasteiger partial charge in [0.1, 0.15) is 17.2 Å². The molecule has 2 aliphatic carbocycles. The summed E-state index contributed by atoms with van der Waals surface area (Å²) < 4.78 is 30.7. The summed E-state index contributed by atoms with van der Waals surface area (Å²) in [5.41, 5.74) is 0.459. The second-order valence-electron chi connectivity index (χ2n) is 11.1. The van der Waals surface area contributed by atoms with Crippen LogP contribution < -0.4 is 10.2 Å². The monoisotopic (exact) mass is 493 g/mol. The van der Waals surface area contributed by atoms with E-state index in [9.17, 15) is 13.6 Å². The number of nitrogens with one attached hydrogen (secondary N) is 1. The van der Waals surface area contributed by atoms with Crippen molar-refractivity contribution in [2.45, 2.75) is 44.3 Å². The number of aryl methyl sites for hydroxylation is 1. The fraction of sp³-hybridized carbons (Fsp3) is 0.538. The normalized spacial score (nSPS) is 28.1. The van der Waals surface area contributed by atoms with E-state index in [1.807, 2.05) is 0 Å². The van der Waals surface area contributed by atoms with Gasteiger partial charge in [0, 0.05) is 62.5 Å². The quantitative estimate of drug-likeness (QED) is 0.567. The van der Waals surface area contributed by atoms with Gasteiger partial charge in [-0.05, 0) is 32.1 Å². The SMILES string of the molecule is Cc1cn2cc(NC(=O)c3cnc(N4CC(CN5C[C@@]6(F)CC6C5C5CCC5)C4)cn3)cc(F)c2n1. The molecule has 8 nitrogen and oxygen atoms in total. The van der Waals surface area contributed by atoms with Crippen molar-refractivity contribution in [3.05, 3.63) is 48.1 Å². The molecule has 3 aromatic rings. The smallest absolute Gasteiger partial charge is 0.275 e. The molecule has 3 aromatic heterocycles. The summed E-state index contributed by atoms with van der Waals surface area (Å²) in [5, 5.41) is 2.68. The summed E-state index contributed by atoms with van der Waals surface area (Å²) >= 11 is 0. The molecule has 2 unspecified atom stereocenters. The van der Waals surface area contributed by atoms with Crippen molar-refractivity contribution < 1.29 is 13.6 Å². The lowest BCUT2D eigenvalue weighted by atomic mass is 9.77. The summed E-state index contributed by atoms with van der Waals surface area (Å²) in [6.07, 6.45) is 10.9. The van der Waals surface area contributed by atoms with E-state index in [0.717, 1.165) is 31.9 Å². The first-order valence-corrected chi connectivity index (χ1v) is 12.8. The Balaban J connectivity index is 0.952. The number of carbonyl (C=O) groups excluding carboxylic acids is 1. The number of imidazole rings is 1. The number of carbonyl (C=O) groups is 1. The van der Waals surface area contributed by atoms with Gasteiger partial charge in [0.05, 0.1) is 23.8 Å². The van der Waals surface area contributed by atoms with E-state index >= 15 is 0 Å². The van der Waals surface area contributed by atoms with E-state index < -0.39 is 17.4 Å². The minimum Gasteiger partial charge on any atom is -0.355 e. The number of pyridine rings is 1. The average Bonchev–Trinajstić information content (AvgIpc) is 3.14. The van der Waals surface area contributed by atoms with Crippen molar-refractivity contribution >= 4 is 23.1 Å². The molecule has 36 heavy (non-hydrogen) atoms. The molecular weight excluding hydrogens is 464 g/mol. The highest BCUT2D eigenvalue weighted by Crippen LogP contribution is 2.60. The molecule has 0 aromatic carbocycles. The van der Waals surface area contributed by atoms with E-state index in [0.29, 0.717) is 35.8 Å². The Kier molecular flexibility index (Phi) is 4.86. The Morgan fingerprint density at radius 1 is 1.22 bits per heavy atom. The molecule has 2 saturated carbocycles. The van der Waals surface area contributed by atoms with Gasteiger partial charge in [-0.1, -0.05) is 6.42 Å². The lowest BCUT2D eigenvalue weighted by molar-refractivity contribution is 0.0855. The minimum atomic E-state index is -0.916. The van der Waals surface area contributed by atoms with Crippen molar-refractivity contribution in [3.63, 3.8) is 0 Å². The highest BCUT2D eigenvalue weighted by molar-refractivity contribution is 6.02. The van der Waals surface area contributed by atoms with Gasteiger partial charge in [-0.15, -0.1) is 0 Å². The molecule has 10 heteroatoms. The molecule has 2 saturated heterocycles. The zero-order chi connectivity index (χ0) is 24.6. The largest absolute Gasteiger partial charge is 0.355 e. The zero-order valence-electron chi connectivity index (χ0n) is 20.2. The number of amides is 1. The van der Waals surface area contributed by atoms with Crippen LogP contribution in [0.25, 0.3) is 5.65 Å². The van der Waals surface area contributed by atoms with Crippen LogP contribution in [0.5, 0.6) is 0 Å². The molecule has 3 atom stereocenters. The number of nitrogens with zero attached hydrogens (tertiary/aromatic N) is 6. The first-order chi connectivity index (χ1) is 17.4. The predicted molar refractivity (Wildman–Crippen MR) is 130 cm³/mol. The first kappa shape index (κ1) is 22.1. The van der Waals surface area contributed by atoms with Gasteiger partial charge >= 0.3 is 0 Å². The molecule has 7 rings (SSSR count). The molecule has 1 N–H and O–H groups in total. The van der Waals surface area contributed by atoms with Gasteiger partial charge in [-0.2, -0.15) is 0 Å². The number of anilines is 2. The highest BCUT2D eigenvalue weighted by Gasteiger charge is 2.67. The van der Waals surface area contributed by atoms with E-state index in [1.165, 1.54) is 31.5 Å². The topological polar surface area (TPSA) is 78.7 Å². The first-order valence-electron chi connectivity index (χ1n) is 12.8. The Morgan fingerprint density at radius 3 is 2.78 bits per heavy atom. The number of rotatable bonds is 6. The molecule has 0 spiro atoms. The van der Waals surface area contributed by atoms with Crippen LogP contribution in [0.15, 0.2) is 30.9 Å². The number of piperidine rings is 1. The van der Waals surface area contributed by atoms with Crippen LogP contribution in [0.4, 0.5) is 20.3 Å². The maximum absolute atomic E-state index is 14.8. The zero-order valence-corrected chi connectivity index (χ0v) is 20.2. The van der Waals surface area contributed by atoms with Crippen molar-refractivity contribution in [1.29, 1.82) is 0 Å². The Bertz CT molecular complexity index is 1330. The second-order valence-corrected chi connectivity index (χ2v) is 11.1. The summed E-state index contributed by atoms with van der Waals surface area (Å²) in [6, 6.07) is 1.69. The van der Waals surface area contributed by atoms with Gasteiger partial charge in [0.2, 0.25) is 0 Å². The summed E-state index contributed by atoms with van der Waals surface area (Å²) in [4.78, 5) is 30.1. The van der Waals surface area contributed by atoms with Crippen LogP contribution in [0.1, 0.15) is 41.9 Å². The van der Waals surface area contributed by atoms with Crippen LogP contribution >= 0.6 is 0 Å². The Morgan fingerprint density at radius 2 is 2.06 bits per heavy atom. The van der Waals surface area contributed by atoms with Gasteiger partial charge in [-0.25, -0.2) is 23.7 Å². The molecule has 0 radical (unpaired) electrons. The number of halogens is 2. The van der Waals surface area contributed by atoms with Crippen LogP contribution in [-0.2, 0) is 0 Å². The van der Waals surface area contributed by atoms with E-state index in [-0.39, 0.29) is 17.3 Å². The maximum Gasteiger partial charge on any atom is 0.275 e. The van der Waals surface area contributed by atoms with E-state index in [2.05, 4.69) is 30.1 Å². The lowest BCUT2D eigenvalue weighted by Crippen LogP contribution is -2.54. The molecule has 4 aliphatic rings. The third-order valence-electron chi connectivity index (χ3n) is 8.53. The molecule has 188 valence electrons. The lowest BCUT2D eigenvalue weighted by Gasteiger charge is -2.45. The number of hydrogen-bond donors (Lipinski definition) is 1. The third-order valence-corrected chi connectivity index (χ3v) is 8.53. The number of alkyl halides is 1. The van der Waals surface area contributed by atoms with Crippen molar-refractivity contribution in [2.75, 3.05) is 36.4 Å². The van der Waals surface area contributed by atoms with Crippen LogP contribution in [-0.4, -0.2) is 68.0 Å². The molecule has 5 heterocycles. The standard InChI is InChI=1S/C26H29F2N7O/c1-15-9-34-13-18(5-20(27)24(34)31-15)32-25(36)21-7-30-22(8-29-21)33-10-16(11-33)12-35-14-26(28)6-19(26)23(35)17-3-2-4-17/h5,7-9,13,16-17,19,23H,2-4,6,10-12,14H2,1H3,(H,32,36)/t19?,23?,26-/m0/s1. The molecule has 2 aliphatic heterocycles. The summed E-state index contributed by atoms with van der Waals surface area (Å²) in [7, 11) is 0. The van der Waals surface area contributed by atoms with Gasteiger partial charge in [0.15, 0.2) is 11.5 Å². The van der Waals surface area contributed by atoms with Crippen molar-refractivity contribution in [1.82, 2.24) is 24.3 Å². The third kappa shape index (κ3) is 3.65. The fourth-order valence-electron chi connectivity index (χ4n) is 6.46.